The van der Waals surface area contributed by atoms with E-state index in [1.165, 1.54) is 32.4 Å². The molecule has 1 aliphatic heterocycles. The van der Waals surface area contributed by atoms with Crippen LogP contribution in [0.5, 0.6) is 0 Å². The molecule has 106 valence electrons. The standard InChI is InChI=1S/C14H29N3O/c1-3-17(4-2)14-7-8-16(10-14)9-13(11-18)15-12-5-6-12/h12-15,18H,3-11H2,1-2H3. The van der Waals surface area contributed by atoms with E-state index >= 15 is 0 Å². The summed E-state index contributed by atoms with van der Waals surface area (Å²) in [4.78, 5) is 5.07. The largest absolute Gasteiger partial charge is 0.395 e. The SMILES string of the molecule is CCN(CC)C1CCN(CC(CO)NC2CC2)C1. The minimum atomic E-state index is 0.267. The molecule has 4 nitrogen and oxygen atoms in total. The molecule has 18 heavy (non-hydrogen) atoms. The quantitative estimate of drug-likeness (QED) is 0.663. The number of hydrogen-bond acceptors (Lipinski definition) is 4. The van der Waals surface area contributed by atoms with Crippen molar-refractivity contribution in [2.75, 3.05) is 39.3 Å². The van der Waals surface area contributed by atoms with Gasteiger partial charge >= 0.3 is 0 Å². The lowest BCUT2D eigenvalue weighted by Gasteiger charge is -2.27. The van der Waals surface area contributed by atoms with Gasteiger partial charge in [-0.3, -0.25) is 4.90 Å². The summed E-state index contributed by atoms with van der Waals surface area (Å²) >= 11 is 0. The van der Waals surface area contributed by atoms with E-state index in [0.717, 1.165) is 25.7 Å². The van der Waals surface area contributed by atoms with Gasteiger partial charge < -0.3 is 15.3 Å². The summed E-state index contributed by atoms with van der Waals surface area (Å²) < 4.78 is 0. The van der Waals surface area contributed by atoms with Gasteiger partial charge in [0.1, 0.15) is 0 Å². The van der Waals surface area contributed by atoms with Crippen LogP contribution >= 0.6 is 0 Å². The molecule has 4 heteroatoms. The summed E-state index contributed by atoms with van der Waals surface area (Å²) in [6.45, 7) is 10.4. The van der Waals surface area contributed by atoms with Crippen molar-refractivity contribution >= 4 is 0 Å². The Hall–Kier alpha value is -0.160. The lowest BCUT2D eigenvalue weighted by atomic mass is 10.2. The molecule has 1 aliphatic carbocycles. The molecular formula is C14H29N3O. The van der Waals surface area contributed by atoms with Crippen LogP contribution in [0.4, 0.5) is 0 Å². The van der Waals surface area contributed by atoms with Crippen LogP contribution in [0.25, 0.3) is 0 Å². The van der Waals surface area contributed by atoms with Gasteiger partial charge in [-0.15, -0.1) is 0 Å². The third kappa shape index (κ3) is 3.92. The van der Waals surface area contributed by atoms with Crippen LogP contribution in [0, 0.1) is 0 Å². The van der Waals surface area contributed by atoms with Gasteiger partial charge in [0.2, 0.25) is 0 Å². The lowest BCUT2D eigenvalue weighted by molar-refractivity contribution is 0.179. The smallest absolute Gasteiger partial charge is 0.0597 e. The molecule has 2 N–H and O–H groups in total. The predicted molar refractivity (Wildman–Crippen MR) is 74.8 cm³/mol. The fourth-order valence-electron chi connectivity index (χ4n) is 3.07. The first-order valence-corrected chi connectivity index (χ1v) is 7.60. The molecule has 2 rings (SSSR count). The Morgan fingerprint density at radius 2 is 2.00 bits per heavy atom. The Morgan fingerprint density at radius 3 is 2.56 bits per heavy atom. The third-order valence-corrected chi connectivity index (χ3v) is 4.32. The summed E-state index contributed by atoms with van der Waals surface area (Å²) in [6.07, 6.45) is 3.86. The second kappa shape index (κ2) is 6.85. The summed E-state index contributed by atoms with van der Waals surface area (Å²) in [5.41, 5.74) is 0. The molecule has 0 radical (unpaired) electrons. The fourth-order valence-corrected chi connectivity index (χ4v) is 3.07. The van der Waals surface area contributed by atoms with Gasteiger partial charge in [-0.1, -0.05) is 13.8 Å². The van der Waals surface area contributed by atoms with Crippen molar-refractivity contribution in [2.24, 2.45) is 0 Å². The van der Waals surface area contributed by atoms with Crippen molar-refractivity contribution in [1.82, 2.24) is 15.1 Å². The molecule has 2 fully saturated rings. The molecule has 2 atom stereocenters. The maximum absolute atomic E-state index is 9.43. The molecule has 1 heterocycles. The average molecular weight is 255 g/mol. The van der Waals surface area contributed by atoms with E-state index in [-0.39, 0.29) is 12.6 Å². The van der Waals surface area contributed by atoms with Crippen molar-refractivity contribution in [3.8, 4) is 0 Å². The molecule has 0 bridgehead atoms. The van der Waals surface area contributed by atoms with Gasteiger partial charge in [0.15, 0.2) is 0 Å². The molecule has 1 saturated carbocycles. The number of aliphatic hydroxyl groups is 1. The summed E-state index contributed by atoms with van der Waals surface area (Å²) in [7, 11) is 0. The number of rotatable bonds is 8. The first kappa shape index (κ1) is 14.3. The van der Waals surface area contributed by atoms with E-state index in [1.54, 1.807) is 0 Å². The fraction of sp³-hybridized carbons (Fsp3) is 1.00. The number of aliphatic hydroxyl groups excluding tert-OH is 1. The maximum Gasteiger partial charge on any atom is 0.0597 e. The number of nitrogens with zero attached hydrogens (tertiary/aromatic N) is 2. The summed E-state index contributed by atoms with van der Waals surface area (Å²) in [5.74, 6) is 0. The Labute approximate surface area is 111 Å². The molecule has 0 aromatic rings. The number of likely N-dealkylation sites (tertiary alicyclic amines) is 1. The van der Waals surface area contributed by atoms with Gasteiger partial charge in [-0.2, -0.15) is 0 Å². The molecule has 0 aromatic heterocycles. The minimum absolute atomic E-state index is 0.267. The van der Waals surface area contributed by atoms with Gasteiger partial charge in [0.05, 0.1) is 6.61 Å². The highest BCUT2D eigenvalue weighted by atomic mass is 16.3. The molecule has 2 unspecified atom stereocenters. The van der Waals surface area contributed by atoms with E-state index < -0.39 is 0 Å². The average Bonchev–Trinajstić information content (AvgIpc) is 3.08. The number of nitrogens with one attached hydrogen (secondary N) is 1. The Morgan fingerprint density at radius 1 is 1.28 bits per heavy atom. The van der Waals surface area contributed by atoms with Crippen LogP contribution in [-0.2, 0) is 0 Å². The predicted octanol–water partition coefficient (Wildman–Crippen LogP) is 0.515. The second-order valence-electron chi connectivity index (χ2n) is 5.74. The second-order valence-corrected chi connectivity index (χ2v) is 5.74. The first-order chi connectivity index (χ1) is 8.76. The first-order valence-electron chi connectivity index (χ1n) is 7.60. The topological polar surface area (TPSA) is 38.7 Å². The zero-order valence-electron chi connectivity index (χ0n) is 11.9. The maximum atomic E-state index is 9.43. The van der Waals surface area contributed by atoms with E-state index in [4.69, 9.17) is 0 Å². The Bertz CT molecular complexity index is 241. The van der Waals surface area contributed by atoms with Gasteiger partial charge in [0, 0.05) is 31.2 Å². The van der Waals surface area contributed by atoms with Crippen LogP contribution in [0.1, 0.15) is 33.1 Å². The Balaban J connectivity index is 1.73. The molecule has 0 amide bonds. The molecule has 2 aliphatic rings. The monoisotopic (exact) mass is 255 g/mol. The zero-order valence-corrected chi connectivity index (χ0v) is 11.9. The van der Waals surface area contributed by atoms with E-state index in [1.807, 2.05) is 0 Å². The van der Waals surface area contributed by atoms with Crippen LogP contribution in [0.2, 0.25) is 0 Å². The molecule has 1 saturated heterocycles. The molecule has 0 aromatic carbocycles. The highest BCUT2D eigenvalue weighted by Crippen LogP contribution is 2.20. The van der Waals surface area contributed by atoms with E-state index in [0.29, 0.717) is 6.04 Å². The van der Waals surface area contributed by atoms with E-state index in [2.05, 4.69) is 29.0 Å². The lowest BCUT2D eigenvalue weighted by Crippen LogP contribution is -2.45. The van der Waals surface area contributed by atoms with Crippen LogP contribution in [-0.4, -0.2) is 72.4 Å². The van der Waals surface area contributed by atoms with Gasteiger partial charge in [-0.05, 0) is 38.9 Å². The number of likely N-dealkylation sites (N-methyl/N-ethyl adjacent to an activating group) is 1. The van der Waals surface area contributed by atoms with Crippen LogP contribution < -0.4 is 5.32 Å². The highest BCUT2D eigenvalue weighted by molar-refractivity contribution is 4.89. The Kier molecular flexibility index (Phi) is 5.42. The summed E-state index contributed by atoms with van der Waals surface area (Å²) in [5, 5.41) is 13.0. The van der Waals surface area contributed by atoms with Crippen LogP contribution in [0.15, 0.2) is 0 Å². The third-order valence-electron chi connectivity index (χ3n) is 4.32. The minimum Gasteiger partial charge on any atom is -0.395 e. The number of hydrogen-bond donors (Lipinski definition) is 2. The highest BCUT2D eigenvalue weighted by Gasteiger charge is 2.29. The molecule has 0 spiro atoms. The van der Waals surface area contributed by atoms with Crippen molar-refractivity contribution in [3.05, 3.63) is 0 Å². The van der Waals surface area contributed by atoms with Crippen molar-refractivity contribution in [1.29, 1.82) is 0 Å². The van der Waals surface area contributed by atoms with Gasteiger partial charge in [-0.25, -0.2) is 0 Å². The van der Waals surface area contributed by atoms with E-state index in [9.17, 15) is 5.11 Å². The van der Waals surface area contributed by atoms with Crippen molar-refractivity contribution in [3.63, 3.8) is 0 Å². The van der Waals surface area contributed by atoms with Crippen LogP contribution in [0.3, 0.4) is 0 Å². The zero-order chi connectivity index (χ0) is 13.0. The normalized spacial score (nSPS) is 27.0. The van der Waals surface area contributed by atoms with Gasteiger partial charge in [0.25, 0.3) is 0 Å². The summed E-state index contributed by atoms with van der Waals surface area (Å²) in [6, 6.07) is 1.68. The van der Waals surface area contributed by atoms with Crippen molar-refractivity contribution in [2.45, 2.75) is 51.2 Å². The van der Waals surface area contributed by atoms with Crippen molar-refractivity contribution < 1.29 is 5.11 Å². The molecular weight excluding hydrogens is 226 g/mol.